The number of para-hydroxylation sites is 2. The van der Waals surface area contributed by atoms with Crippen LogP contribution in [0.5, 0.6) is 0 Å². The van der Waals surface area contributed by atoms with Crippen LogP contribution >= 0.6 is 0 Å². The average molecular weight is 506 g/mol. The Hall–Kier alpha value is -3.95. The van der Waals surface area contributed by atoms with E-state index in [2.05, 4.69) is 27.8 Å². The summed E-state index contributed by atoms with van der Waals surface area (Å²) >= 11 is 0. The summed E-state index contributed by atoms with van der Waals surface area (Å²) in [7, 11) is 0. The molecule has 6 rings (SSSR count). The Morgan fingerprint density at radius 1 is 1.32 bits per heavy atom. The summed E-state index contributed by atoms with van der Waals surface area (Å²) in [5.41, 5.74) is 7.36. The second kappa shape index (κ2) is 9.84. The monoisotopic (exact) mass is 505 g/mol. The van der Waals surface area contributed by atoms with Crippen molar-refractivity contribution >= 4 is 28.6 Å². The molecule has 4 atom stereocenters. The maximum atomic E-state index is 13.7. The number of primary amides is 1. The number of aromatic nitrogens is 2. The summed E-state index contributed by atoms with van der Waals surface area (Å²) in [5, 5.41) is 13.2. The van der Waals surface area contributed by atoms with Crippen LogP contribution in [-0.4, -0.2) is 56.3 Å². The molecule has 1 aromatic carbocycles. The van der Waals surface area contributed by atoms with Crippen molar-refractivity contribution in [3.8, 4) is 0 Å². The molecule has 0 spiro atoms. The number of aliphatic carboxylic acids is 1. The van der Waals surface area contributed by atoms with Gasteiger partial charge in [-0.25, -0.2) is 9.78 Å². The van der Waals surface area contributed by atoms with Gasteiger partial charge in [0, 0.05) is 30.5 Å². The van der Waals surface area contributed by atoms with E-state index >= 15 is 0 Å². The van der Waals surface area contributed by atoms with Gasteiger partial charge in [-0.05, 0) is 62.9 Å². The number of amides is 1. The van der Waals surface area contributed by atoms with Gasteiger partial charge < -0.3 is 25.1 Å². The van der Waals surface area contributed by atoms with E-state index in [-0.39, 0.29) is 17.8 Å². The molecule has 10 nitrogen and oxygen atoms in total. The number of carboxylic acid groups (broad SMARTS) is 1. The lowest BCUT2D eigenvalue weighted by atomic mass is 9.49. The highest BCUT2D eigenvalue weighted by molar-refractivity contribution is 6.41. The molecule has 4 aliphatic rings. The van der Waals surface area contributed by atoms with Gasteiger partial charge in [0.25, 0.3) is 11.5 Å². The van der Waals surface area contributed by atoms with Crippen molar-refractivity contribution < 1.29 is 19.5 Å². The van der Waals surface area contributed by atoms with E-state index in [9.17, 15) is 19.5 Å². The van der Waals surface area contributed by atoms with Crippen molar-refractivity contribution in [1.29, 1.82) is 0 Å². The smallest absolute Gasteiger partial charge is 0.360 e. The highest BCUT2D eigenvalue weighted by atomic mass is 16.6. The number of nitrogens with zero attached hydrogens (tertiary/aromatic N) is 4. The number of rotatable bonds is 9. The maximum absolute atomic E-state index is 13.7. The Bertz CT molecular complexity index is 1380. The van der Waals surface area contributed by atoms with E-state index in [1.54, 1.807) is 22.8 Å². The second-order valence-corrected chi connectivity index (χ2v) is 10.1. The van der Waals surface area contributed by atoms with Crippen molar-refractivity contribution in [1.82, 2.24) is 14.5 Å². The number of carbonyl (C=O) groups is 2. The highest BCUT2D eigenvalue weighted by Crippen LogP contribution is 2.61. The van der Waals surface area contributed by atoms with Crippen LogP contribution in [-0.2, 0) is 14.4 Å². The van der Waals surface area contributed by atoms with Crippen molar-refractivity contribution in [3.63, 3.8) is 0 Å². The molecule has 2 unspecified atom stereocenters. The molecule has 4 fully saturated rings. The molecule has 1 aromatic heterocycles. The van der Waals surface area contributed by atoms with Gasteiger partial charge in [-0.2, -0.15) is 0 Å². The van der Waals surface area contributed by atoms with Crippen LogP contribution in [0.4, 0.5) is 0 Å². The third-order valence-electron chi connectivity index (χ3n) is 7.80. The van der Waals surface area contributed by atoms with Crippen LogP contribution in [0.15, 0.2) is 58.1 Å². The Morgan fingerprint density at radius 3 is 2.76 bits per heavy atom. The molecule has 10 heteroatoms. The van der Waals surface area contributed by atoms with Crippen LogP contribution in [0, 0.1) is 11.8 Å². The molecule has 3 aliphatic carbocycles. The van der Waals surface area contributed by atoms with Crippen molar-refractivity contribution in [2.45, 2.75) is 51.1 Å². The number of oxime groups is 1. The van der Waals surface area contributed by atoms with E-state index in [0.717, 1.165) is 25.8 Å². The largest absolute Gasteiger partial charge is 0.476 e. The van der Waals surface area contributed by atoms with Crippen LogP contribution in [0.2, 0.25) is 0 Å². The Labute approximate surface area is 214 Å². The zero-order valence-corrected chi connectivity index (χ0v) is 20.8. The van der Waals surface area contributed by atoms with Gasteiger partial charge >= 0.3 is 5.97 Å². The number of hydrogen-bond acceptors (Lipinski definition) is 7. The van der Waals surface area contributed by atoms with Crippen molar-refractivity contribution in [3.05, 3.63) is 64.2 Å². The fraction of sp³-hybridized carbons (Fsp3) is 0.444. The van der Waals surface area contributed by atoms with E-state index in [1.807, 2.05) is 13.0 Å². The first-order valence-electron chi connectivity index (χ1n) is 12.7. The number of nitrogens with two attached hydrogens (primary N) is 1. The average Bonchev–Trinajstić information content (AvgIpc) is 2.84. The number of benzene rings is 1. The van der Waals surface area contributed by atoms with E-state index in [0.29, 0.717) is 29.3 Å². The first-order valence-corrected chi connectivity index (χ1v) is 12.7. The lowest BCUT2D eigenvalue weighted by Crippen LogP contribution is -2.47. The van der Waals surface area contributed by atoms with Gasteiger partial charge in [0.2, 0.25) is 5.71 Å². The molecule has 2 aromatic rings. The Balaban J connectivity index is 1.48. The lowest BCUT2D eigenvalue weighted by molar-refractivity contribution is -0.130. The minimum Gasteiger partial charge on any atom is -0.476 e. The summed E-state index contributed by atoms with van der Waals surface area (Å²) in [4.78, 5) is 48.2. The molecule has 194 valence electrons. The zero-order chi connectivity index (χ0) is 26.3. The predicted molar refractivity (Wildman–Crippen MR) is 138 cm³/mol. The van der Waals surface area contributed by atoms with E-state index in [4.69, 9.17) is 10.6 Å². The van der Waals surface area contributed by atoms with Crippen LogP contribution in [0.25, 0.3) is 11.0 Å². The molecule has 2 heterocycles. The minimum absolute atomic E-state index is 0.240. The van der Waals surface area contributed by atoms with E-state index < -0.39 is 29.8 Å². The van der Waals surface area contributed by atoms with Crippen molar-refractivity contribution in [2.24, 2.45) is 22.7 Å². The topological polar surface area (TPSA) is 140 Å². The quantitative estimate of drug-likeness (QED) is 0.303. The third kappa shape index (κ3) is 4.52. The maximum Gasteiger partial charge on any atom is 0.360 e. The molecule has 2 bridgehead atoms. The van der Waals surface area contributed by atoms with E-state index in [1.165, 1.54) is 17.6 Å². The van der Waals surface area contributed by atoms with Gasteiger partial charge in [0.1, 0.15) is 0 Å². The number of piperidine rings is 1. The summed E-state index contributed by atoms with van der Waals surface area (Å²) < 4.78 is 1.60. The normalized spacial score (nSPS) is 23.8. The molecule has 1 aliphatic heterocycles. The molecule has 1 saturated heterocycles. The standard InChI is InChI=1S/C27H31N5O5/c1-15(11-17-7-5-6-10-31(17)13-20-18-12-19(20)16(18)2)32-22-9-4-3-8-21(22)29-24(26(32)34)25(27(35)36)30-37-14-23(28)33/h3-4,8-9,13,15,17-19H,2,5-7,10-12,14H2,1H3,(H2,28,33)(H,35,36)/b20-13?,30-25-/t15-,17-,18?,19?/m0/s1. The zero-order valence-electron chi connectivity index (χ0n) is 20.8. The fourth-order valence-corrected chi connectivity index (χ4v) is 5.71. The number of carbonyl (C=O) groups excluding carboxylic acids is 1. The SMILES string of the molecule is C=C1C2CC1C2=CN1CCCC[C@H]1C[C@H](C)n1c(=O)c(/C(=N/OCC(N)=O)C(=O)O)nc2ccccc21. The number of fused-ring (bicyclic) bond motifs is 1. The van der Waals surface area contributed by atoms with Gasteiger partial charge in [0.05, 0.1) is 11.0 Å². The number of allylic oxidation sites excluding steroid dienone is 2. The molecule has 3 N–H and O–H groups in total. The van der Waals surface area contributed by atoms with Gasteiger partial charge in [0.15, 0.2) is 12.3 Å². The summed E-state index contributed by atoms with van der Waals surface area (Å²) in [5.74, 6) is -1.22. The van der Waals surface area contributed by atoms with Crippen molar-refractivity contribution in [2.75, 3.05) is 13.2 Å². The summed E-state index contributed by atoms with van der Waals surface area (Å²) in [6.45, 7) is 6.50. The van der Waals surface area contributed by atoms with Crippen LogP contribution < -0.4 is 11.3 Å². The number of carboxylic acids is 1. The van der Waals surface area contributed by atoms with Crippen LogP contribution in [0.1, 0.15) is 50.8 Å². The fourth-order valence-electron chi connectivity index (χ4n) is 5.71. The van der Waals surface area contributed by atoms with Gasteiger partial charge in [-0.15, -0.1) is 0 Å². The minimum atomic E-state index is -1.49. The van der Waals surface area contributed by atoms with Gasteiger partial charge in [-0.3, -0.25) is 9.59 Å². The van der Waals surface area contributed by atoms with Crippen LogP contribution in [0.3, 0.4) is 0 Å². The first kappa shape index (κ1) is 24.7. The number of likely N-dealkylation sites (tertiary alicyclic amines) is 1. The Morgan fingerprint density at radius 2 is 2.08 bits per heavy atom. The predicted octanol–water partition coefficient (Wildman–Crippen LogP) is 2.58. The molecule has 3 saturated carbocycles. The molecule has 37 heavy (non-hydrogen) atoms. The van der Waals surface area contributed by atoms with Gasteiger partial charge in [-0.1, -0.05) is 29.4 Å². The highest BCUT2D eigenvalue weighted by Gasteiger charge is 2.51. The summed E-state index contributed by atoms with van der Waals surface area (Å²) in [6, 6.07) is 7.14. The molecule has 1 amide bonds. The second-order valence-electron chi connectivity index (χ2n) is 10.1. The lowest BCUT2D eigenvalue weighted by Gasteiger charge is -2.56. The molecule has 0 radical (unpaired) electrons. The number of hydrogen-bond donors (Lipinski definition) is 2. The molecular formula is C27H31N5O5. The summed E-state index contributed by atoms with van der Waals surface area (Å²) in [6.07, 6.45) is 7.55. The third-order valence-corrected chi connectivity index (χ3v) is 7.80. The first-order chi connectivity index (χ1) is 17.8. The Kier molecular flexibility index (Phi) is 6.57. The molecular weight excluding hydrogens is 474 g/mol.